The minimum Gasteiger partial charge on any atom is -0.359 e. The molecule has 1 heterocycles. The molecule has 0 radical (unpaired) electrons. The molecule has 3 N–H and O–H groups in total. The number of rotatable bonds is 5. The summed E-state index contributed by atoms with van der Waals surface area (Å²) >= 11 is 0. The molecule has 5 nitrogen and oxygen atoms in total. The average molecular weight is 213 g/mol. The molecule has 1 unspecified atom stereocenters. The van der Waals surface area contributed by atoms with Crippen molar-refractivity contribution in [1.82, 2.24) is 16.0 Å². The zero-order valence-corrected chi connectivity index (χ0v) is 9.30. The standard InChI is InChI=1S/C10H19N3O2/c1-7(8-5-12-6-8)10(15)13-4-3-9(14)11-2/h7-8,12H,3-6H2,1-2H3,(H,11,14)(H,13,15). The van der Waals surface area contributed by atoms with E-state index in [4.69, 9.17) is 0 Å². The fourth-order valence-corrected chi connectivity index (χ4v) is 1.46. The summed E-state index contributed by atoms with van der Waals surface area (Å²) in [5.74, 6) is 0.486. The predicted octanol–water partition coefficient (Wildman–Crippen LogP) is -0.906. The Morgan fingerprint density at radius 1 is 1.47 bits per heavy atom. The summed E-state index contributed by atoms with van der Waals surface area (Å²) in [6.45, 7) is 4.19. The zero-order chi connectivity index (χ0) is 11.3. The summed E-state index contributed by atoms with van der Waals surface area (Å²) in [5.41, 5.74) is 0. The number of hydrogen-bond acceptors (Lipinski definition) is 3. The molecule has 2 amide bonds. The number of amides is 2. The molecule has 0 aromatic carbocycles. The van der Waals surface area contributed by atoms with Crippen LogP contribution in [0.15, 0.2) is 0 Å². The Hall–Kier alpha value is -1.10. The summed E-state index contributed by atoms with van der Waals surface area (Å²) in [5, 5.41) is 8.42. The number of carbonyl (C=O) groups is 2. The molecular weight excluding hydrogens is 194 g/mol. The van der Waals surface area contributed by atoms with Gasteiger partial charge in [-0.05, 0) is 19.0 Å². The van der Waals surface area contributed by atoms with Crippen molar-refractivity contribution in [2.45, 2.75) is 13.3 Å². The van der Waals surface area contributed by atoms with E-state index in [2.05, 4.69) is 16.0 Å². The summed E-state index contributed by atoms with van der Waals surface area (Å²) in [6, 6.07) is 0. The van der Waals surface area contributed by atoms with Crippen LogP contribution in [0.1, 0.15) is 13.3 Å². The molecule has 1 aliphatic rings. The van der Waals surface area contributed by atoms with Gasteiger partial charge in [-0.15, -0.1) is 0 Å². The Balaban J connectivity index is 2.14. The van der Waals surface area contributed by atoms with E-state index in [1.807, 2.05) is 6.92 Å². The fraction of sp³-hybridized carbons (Fsp3) is 0.800. The van der Waals surface area contributed by atoms with Gasteiger partial charge in [-0.2, -0.15) is 0 Å². The van der Waals surface area contributed by atoms with Crippen LogP contribution in [0.4, 0.5) is 0 Å². The lowest BCUT2D eigenvalue weighted by Crippen LogP contribution is -2.49. The average Bonchev–Trinajstić information content (AvgIpc) is 2.14. The second-order valence-corrected chi connectivity index (χ2v) is 3.92. The molecule has 5 heteroatoms. The second-order valence-electron chi connectivity index (χ2n) is 3.92. The monoisotopic (exact) mass is 213 g/mol. The molecule has 0 bridgehead atoms. The topological polar surface area (TPSA) is 70.2 Å². The SMILES string of the molecule is CNC(=O)CCNC(=O)C(C)C1CNC1. The smallest absolute Gasteiger partial charge is 0.223 e. The Morgan fingerprint density at radius 2 is 2.13 bits per heavy atom. The van der Waals surface area contributed by atoms with Crippen molar-refractivity contribution in [2.75, 3.05) is 26.7 Å². The third-order valence-electron chi connectivity index (χ3n) is 2.86. The minimum atomic E-state index is -0.0479. The molecule has 1 saturated heterocycles. The quantitative estimate of drug-likeness (QED) is 0.554. The largest absolute Gasteiger partial charge is 0.359 e. The summed E-state index contributed by atoms with van der Waals surface area (Å²) in [7, 11) is 1.59. The van der Waals surface area contributed by atoms with Crippen LogP contribution in [-0.4, -0.2) is 38.5 Å². The number of hydrogen-bond donors (Lipinski definition) is 3. The maximum atomic E-state index is 11.6. The van der Waals surface area contributed by atoms with Crippen molar-refractivity contribution >= 4 is 11.8 Å². The Labute approximate surface area is 90.0 Å². The van der Waals surface area contributed by atoms with Crippen molar-refractivity contribution in [3.8, 4) is 0 Å². The minimum absolute atomic E-state index is 0.0379. The molecular formula is C10H19N3O2. The molecule has 0 spiro atoms. The van der Waals surface area contributed by atoms with E-state index in [0.717, 1.165) is 13.1 Å². The summed E-state index contributed by atoms with van der Waals surface area (Å²) < 4.78 is 0. The van der Waals surface area contributed by atoms with Crippen molar-refractivity contribution < 1.29 is 9.59 Å². The Kier molecular flexibility index (Phi) is 4.55. The van der Waals surface area contributed by atoms with E-state index < -0.39 is 0 Å². The van der Waals surface area contributed by atoms with Gasteiger partial charge in [0.25, 0.3) is 0 Å². The number of carbonyl (C=O) groups excluding carboxylic acids is 2. The first-order valence-electron chi connectivity index (χ1n) is 5.34. The Morgan fingerprint density at radius 3 is 2.60 bits per heavy atom. The fourth-order valence-electron chi connectivity index (χ4n) is 1.46. The third-order valence-corrected chi connectivity index (χ3v) is 2.86. The van der Waals surface area contributed by atoms with E-state index in [9.17, 15) is 9.59 Å². The molecule has 86 valence electrons. The highest BCUT2D eigenvalue weighted by atomic mass is 16.2. The van der Waals surface area contributed by atoms with Crippen LogP contribution < -0.4 is 16.0 Å². The summed E-state index contributed by atoms with van der Waals surface area (Å²) in [6.07, 6.45) is 0.345. The van der Waals surface area contributed by atoms with Gasteiger partial charge >= 0.3 is 0 Å². The van der Waals surface area contributed by atoms with Gasteiger partial charge in [0.15, 0.2) is 0 Å². The van der Waals surface area contributed by atoms with Gasteiger partial charge in [0, 0.05) is 25.9 Å². The number of nitrogens with one attached hydrogen (secondary N) is 3. The van der Waals surface area contributed by atoms with Gasteiger partial charge in [0.1, 0.15) is 0 Å². The van der Waals surface area contributed by atoms with Crippen LogP contribution in [0.5, 0.6) is 0 Å². The first-order valence-corrected chi connectivity index (χ1v) is 5.34. The van der Waals surface area contributed by atoms with Crippen LogP contribution >= 0.6 is 0 Å². The van der Waals surface area contributed by atoms with E-state index >= 15 is 0 Å². The van der Waals surface area contributed by atoms with E-state index in [-0.39, 0.29) is 17.7 Å². The van der Waals surface area contributed by atoms with E-state index in [1.165, 1.54) is 0 Å². The van der Waals surface area contributed by atoms with Crippen LogP contribution in [-0.2, 0) is 9.59 Å². The molecule has 15 heavy (non-hydrogen) atoms. The van der Waals surface area contributed by atoms with Gasteiger partial charge in [-0.3, -0.25) is 9.59 Å². The zero-order valence-electron chi connectivity index (χ0n) is 9.30. The first kappa shape index (κ1) is 12.0. The van der Waals surface area contributed by atoms with Crippen molar-refractivity contribution in [2.24, 2.45) is 11.8 Å². The lowest BCUT2D eigenvalue weighted by atomic mass is 9.88. The maximum Gasteiger partial charge on any atom is 0.223 e. The van der Waals surface area contributed by atoms with E-state index in [0.29, 0.717) is 18.9 Å². The lowest BCUT2D eigenvalue weighted by molar-refractivity contribution is -0.126. The molecule has 1 atom stereocenters. The van der Waals surface area contributed by atoms with Crippen LogP contribution in [0.2, 0.25) is 0 Å². The molecule has 0 aromatic rings. The molecule has 1 fully saturated rings. The highest BCUT2D eigenvalue weighted by Gasteiger charge is 2.28. The van der Waals surface area contributed by atoms with Gasteiger partial charge in [0.2, 0.25) is 11.8 Å². The van der Waals surface area contributed by atoms with Crippen molar-refractivity contribution in [1.29, 1.82) is 0 Å². The molecule has 1 aliphatic heterocycles. The lowest BCUT2D eigenvalue weighted by Gasteiger charge is -2.31. The molecule has 0 saturated carbocycles. The molecule has 1 rings (SSSR count). The summed E-state index contributed by atoms with van der Waals surface area (Å²) in [4.78, 5) is 22.5. The van der Waals surface area contributed by atoms with Crippen molar-refractivity contribution in [3.63, 3.8) is 0 Å². The second kappa shape index (κ2) is 5.70. The van der Waals surface area contributed by atoms with Gasteiger partial charge in [-0.25, -0.2) is 0 Å². The first-order chi connectivity index (χ1) is 7.15. The van der Waals surface area contributed by atoms with Crippen LogP contribution in [0, 0.1) is 11.8 Å². The third kappa shape index (κ3) is 3.51. The van der Waals surface area contributed by atoms with Crippen LogP contribution in [0.3, 0.4) is 0 Å². The highest BCUT2D eigenvalue weighted by Crippen LogP contribution is 2.15. The van der Waals surface area contributed by atoms with Crippen molar-refractivity contribution in [3.05, 3.63) is 0 Å². The van der Waals surface area contributed by atoms with Gasteiger partial charge < -0.3 is 16.0 Å². The predicted molar refractivity (Wildman–Crippen MR) is 57.2 cm³/mol. The highest BCUT2D eigenvalue weighted by molar-refractivity contribution is 5.80. The molecule has 0 aliphatic carbocycles. The normalized spacial score (nSPS) is 17.7. The molecule has 0 aromatic heterocycles. The maximum absolute atomic E-state index is 11.6. The van der Waals surface area contributed by atoms with E-state index in [1.54, 1.807) is 7.05 Å². The van der Waals surface area contributed by atoms with Gasteiger partial charge in [-0.1, -0.05) is 6.92 Å². The Bertz CT molecular complexity index is 239. The van der Waals surface area contributed by atoms with Crippen LogP contribution in [0.25, 0.3) is 0 Å². The van der Waals surface area contributed by atoms with Gasteiger partial charge in [0.05, 0.1) is 0 Å².